The first-order valence-corrected chi connectivity index (χ1v) is 11.0. The highest BCUT2D eigenvalue weighted by Gasteiger charge is 2.36. The van der Waals surface area contributed by atoms with Gasteiger partial charge in [-0.1, -0.05) is 29.8 Å². The minimum absolute atomic E-state index is 0.103. The van der Waals surface area contributed by atoms with Gasteiger partial charge in [0.2, 0.25) is 0 Å². The van der Waals surface area contributed by atoms with Gasteiger partial charge in [0.25, 0.3) is 11.1 Å². The molecule has 1 aliphatic rings. The summed E-state index contributed by atoms with van der Waals surface area (Å²) in [5.74, 6) is -0.666. The Balaban J connectivity index is 1.81. The van der Waals surface area contributed by atoms with Crippen molar-refractivity contribution in [2.45, 2.75) is 13.5 Å². The standard InChI is InChI=1S/C23H19ClN2O6S/c1-3-31-20(27)12-26-22(28)19(33-23(26)29)10-14-8-17(24)21(18(9-14)30-2)32-13-16-7-5-4-6-15(16)11-25/h4-10H,3,12-13H2,1-2H3/b19-10-. The molecule has 2 aromatic rings. The van der Waals surface area contributed by atoms with Crippen molar-refractivity contribution in [1.29, 1.82) is 5.26 Å². The Kier molecular flexibility index (Phi) is 7.98. The number of ether oxygens (including phenoxy) is 3. The number of hydrogen-bond acceptors (Lipinski definition) is 8. The molecule has 8 nitrogen and oxygen atoms in total. The summed E-state index contributed by atoms with van der Waals surface area (Å²) in [7, 11) is 1.44. The van der Waals surface area contributed by atoms with Crippen molar-refractivity contribution in [1.82, 2.24) is 4.90 Å². The topological polar surface area (TPSA) is 106 Å². The smallest absolute Gasteiger partial charge is 0.326 e. The van der Waals surface area contributed by atoms with Gasteiger partial charge in [-0.2, -0.15) is 5.26 Å². The molecule has 0 atom stereocenters. The van der Waals surface area contributed by atoms with E-state index in [0.717, 1.165) is 4.90 Å². The molecule has 33 heavy (non-hydrogen) atoms. The maximum absolute atomic E-state index is 12.6. The van der Waals surface area contributed by atoms with Crippen molar-refractivity contribution in [3.63, 3.8) is 0 Å². The third-order valence-electron chi connectivity index (χ3n) is 4.53. The summed E-state index contributed by atoms with van der Waals surface area (Å²) in [4.78, 5) is 37.4. The minimum Gasteiger partial charge on any atom is -0.493 e. The van der Waals surface area contributed by atoms with Crippen LogP contribution in [0.25, 0.3) is 6.08 Å². The lowest BCUT2D eigenvalue weighted by Crippen LogP contribution is -2.34. The molecule has 1 aliphatic heterocycles. The summed E-state index contributed by atoms with van der Waals surface area (Å²) < 4.78 is 16.0. The molecule has 0 aromatic heterocycles. The monoisotopic (exact) mass is 486 g/mol. The molecule has 1 saturated heterocycles. The lowest BCUT2D eigenvalue weighted by atomic mass is 10.1. The highest BCUT2D eigenvalue weighted by molar-refractivity contribution is 8.18. The SMILES string of the molecule is CCOC(=O)CN1C(=O)S/C(=C\c2cc(Cl)c(OCc3ccccc3C#N)c(OC)c2)C1=O. The van der Waals surface area contributed by atoms with Crippen molar-refractivity contribution in [3.05, 3.63) is 63.0 Å². The first kappa shape index (κ1) is 24.2. The molecule has 0 spiro atoms. The van der Waals surface area contributed by atoms with Crippen LogP contribution in [0.1, 0.15) is 23.6 Å². The molecule has 0 bridgehead atoms. The highest BCUT2D eigenvalue weighted by Crippen LogP contribution is 2.39. The third kappa shape index (κ3) is 5.66. The molecule has 0 unspecified atom stereocenters. The average Bonchev–Trinajstić information content (AvgIpc) is 3.05. The van der Waals surface area contributed by atoms with Crippen LogP contribution in [0.4, 0.5) is 4.79 Å². The van der Waals surface area contributed by atoms with Gasteiger partial charge in [-0.25, -0.2) is 0 Å². The van der Waals surface area contributed by atoms with Gasteiger partial charge >= 0.3 is 5.97 Å². The molecular formula is C23H19ClN2O6S. The van der Waals surface area contributed by atoms with E-state index >= 15 is 0 Å². The van der Waals surface area contributed by atoms with Gasteiger partial charge in [-0.15, -0.1) is 0 Å². The molecule has 170 valence electrons. The number of thioether (sulfide) groups is 1. The van der Waals surface area contributed by atoms with Crippen LogP contribution in [0.3, 0.4) is 0 Å². The van der Waals surface area contributed by atoms with Gasteiger partial charge in [0.15, 0.2) is 11.5 Å². The third-order valence-corrected chi connectivity index (χ3v) is 5.71. The van der Waals surface area contributed by atoms with Gasteiger partial charge in [0, 0.05) is 5.56 Å². The molecule has 0 N–H and O–H groups in total. The molecule has 1 fully saturated rings. The molecule has 0 aliphatic carbocycles. The van der Waals surface area contributed by atoms with E-state index in [2.05, 4.69) is 6.07 Å². The van der Waals surface area contributed by atoms with E-state index in [9.17, 15) is 19.6 Å². The van der Waals surface area contributed by atoms with Crippen LogP contribution in [0, 0.1) is 11.3 Å². The van der Waals surface area contributed by atoms with Crippen LogP contribution in [-0.2, 0) is 20.9 Å². The lowest BCUT2D eigenvalue weighted by molar-refractivity contribution is -0.145. The lowest BCUT2D eigenvalue weighted by Gasteiger charge is -2.14. The van der Waals surface area contributed by atoms with E-state index in [1.807, 2.05) is 0 Å². The summed E-state index contributed by atoms with van der Waals surface area (Å²) in [6, 6.07) is 12.3. The molecular weight excluding hydrogens is 468 g/mol. The van der Waals surface area contributed by atoms with Crippen LogP contribution in [0.15, 0.2) is 41.3 Å². The van der Waals surface area contributed by atoms with Crippen molar-refractivity contribution >= 4 is 46.6 Å². The summed E-state index contributed by atoms with van der Waals surface area (Å²) in [6.45, 7) is 1.45. The minimum atomic E-state index is -0.662. The Morgan fingerprint density at radius 3 is 2.73 bits per heavy atom. The fourth-order valence-electron chi connectivity index (χ4n) is 2.99. The van der Waals surface area contributed by atoms with Crippen LogP contribution in [0.2, 0.25) is 5.02 Å². The number of benzene rings is 2. The molecule has 2 amide bonds. The van der Waals surface area contributed by atoms with E-state index in [0.29, 0.717) is 34.2 Å². The Morgan fingerprint density at radius 2 is 2.03 bits per heavy atom. The number of nitriles is 1. The van der Waals surface area contributed by atoms with Gasteiger partial charge in [-0.05, 0) is 48.5 Å². The number of nitrogens with zero attached hydrogens (tertiary/aromatic N) is 2. The number of esters is 1. The molecule has 0 saturated carbocycles. The largest absolute Gasteiger partial charge is 0.493 e. The number of rotatable bonds is 8. The summed E-state index contributed by atoms with van der Waals surface area (Å²) in [5.41, 5.74) is 1.68. The number of halogens is 1. The van der Waals surface area contributed by atoms with Crippen molar-refractivity contribution in [3.8, 4) is 17.6 Å². The fourth-order valence-corrected chi connectivity index (χ4v) is 4.10. The number of carbonyl (C=O) groups is 3. The van der Waals surface area contributed by atoms with Crippen molar-refractivity contribution < 1.29 is 28.6 Å². The zero-order chi connectivity index (χ0) is 24.0. The van der Waals surface area contributed by atoms with Gasteiger partial charge in [0.1, 0.15) is 13.2 Å². The number of methoxy groups -OCH3 is 1. The first-order chi connectivity index (χ1) is 15.9. The molecule has 3 rings (SSSR count). The first-order valence-electron chi connectivity index (χ1n) is 9.77. The Labute approximate surface area is 199 Å². The van der Waals surface area contributed by atoms with Crippen LogP contribution >= 0.6 is 23.4 Å². The molecule has 0 radical (unpaired) electrons. The fraction of sp³-hybridized carbons (Fsp3) is 0.217. The summed E-state index contributed by atoms with van der Waals surface area (Å²) >= 11 is 7.12. The van der Waals surface area contributed by atoms with Crippen LogP contribution in [-0.4, -0.2) is 42.3 Å². The molecule has 10 heteroatoms. The van der Waals surface area contributed by atoms with Gasteiger partial charge < -0.3 is 14.2 Å². The second-order valence-corrected chi connectivity index (χ2v) is 8.07. The zero-order valence-corrected chi connectivity index (χ0v) is 19.4. The Bertz CT molecular complexity index is 1170. The second kappa shape index (κ2) is 10.9. The second-order valence-electron chi connectivity index (χ2n) is 6.66. The molecule has 1 heterocycles. The summed E-state index contributed by atoms with van der Waals surface area (Å²) in [5, 5.41) is 8.89. The number of amides is 2. The van der Waals surface area contributed by atoms with E-state index in [1.54, 1.807) is 43.3 Å². The summed E-state index contributed by atoms with van der Waals surface area (Å²) in [6.07, 6.45) is 1.49. The maximum Gasteiger partial charge on any atom is 0.326 e. The van der Waals surface area contributed by atoms with Crippen LogP contribution in [0.5, 0.6) is 11.5 Å². The Morgan fingerprint density at radius 1 is 1.27 bits per heavy atom. The van der Waals surface area contributed by atoms with E-state index < -0.39 is 23.7 Å². The van der Waals surface area contributed by atoms with E-state index in [-0.39, 0.29) is 28.9 Å². The number of carbonyl (C=O) groups excluding carboxylic acids is 3. The Hall–Kier alpha value is -3.48. The van der Waals surface area contributed by atoms with Crippen molar-refractivity contribution in [2.24, 2.45) is 0 Å². The molecule has 2 aromatic carbocycles. The maximum atomic E-state index is 12.6. The van der Waals surface area contributed by atoms with E-state index in [1.165, 1.54) is 13.2 Å². The van der Waals surface area contributed by atoms with Crippen LogP contribution < -0.4 is 9.47 Å². The van der Waals surface area contributed by atoms with Gasteiger partial charge in [-0.3, -0.25) is 19.3 Å². The predicted octanol–water partition coefficient (Wildman–Crippen LogP) is 4.40. The highest BCUT2D eigenvalue weighted by atomic mass is 35.5. The van der Waals surface area contributed by atoms with Crippen molar-refractivity contribution in [2.75, 3.05) is 20.3 Å². The number of imide groups is 1. The zero-order valence-electron chi connectivity index (χ0n) is 17.8. The van der Waals surface area contributed by atoms with Gasteiger partial charge in [0.05, 0.1) is 35.3 Å². The number of hydrogen-bond donors (Lipinski definition) is 0. The predicted molar refractivity (Wildman–Crippen MR) is 123 cm³/mol. The quantitative estimate of drug-likeness (QED) is 0.399. The normalized spacial score (nSPS) is 14.4. The van der Waals surface area contributed by atoms with E-state index in [4.69, 9.17) is 25.8 Å². The average molecular weight is 487 g/mol.